The molecular formula is C18H22N4O7. The molecule has 0 radical (unpaired) electrons. The van der Waals surface area contributed by atoms with Crippen molar-refractivity contribution in [1.29, 1.82) is 0 Å². The molecule has 4 N–H and O–H groups in total. The summed E-state index contributed by atoms with van der Waals surface area (Å²) in [4.78, 5) is 57.6. The Labute approximate surface area is 166 Å². The number of ether oxygens (including phenoxy) is 1. The zero-order chi connectivity index (χ0) is 21.6. The second-order valence-corrected chi connectivity index (χ2v) is 6.58. The van der Waals surface area contributed by atoms with E-state index in [0.717, 1.165) is 12.5 Å². The van der Waals surface area contributed by atoms with Crippen LogP contribution in [0.2, 0.25) is 0 Å². The topological polar surface area (TPSA) is 171 Å². The van der Waals surface area contributed by atoms with Gasteiger partial charge in [-0.25, -0.2) is 4.79 Å². The summed E-state index contributed by atoms with van der Waals surface area (Å²) in [6.07, 6.45) is 0.305. The number of nitrogens with one attached hydrogen (secondary N) is 2. The number of nitro benzene ring substituents is 1. The van der Waals surface area contributed by atoms with E-state index in [-0.39, 0.29) is 18.4 Å². The highest BCUT2D eigenvalue weighted by Crippen LogP contribution is 2.29. The molecule has 1 aliphatic rings. The standard InChI is InChI=1S/C18H22N4O7/c1-2-3-4-14(29-18(19)26)10-5-7-13(22(27)28)11(9-10)16(24)20-12-6-8-15(23)21-17(12)25/h5,7,9,12,14H,2-4,6,8H2,1H3,(H2,19,26)(H,20,24)(H,21,23,25). The van der Waals surface area contributed by atoms with Crippen LogP contribution in [-0.2, 0) is 14.3 Å². The third-order valence-electron chi connectivity index (χ3n) is 4.46. The average molecular weight is 406 g/mol. The first-order valence-corrected chi connectivity index (χ1v) is 9.11. The molecule has 0 bridgehead atoms. The SMILES string of the molecule is CCCCC(OC(N)=O)c1ccc([N+](=O)[O-])c(C(=O)NC2CCC(=O)NC2=O)c1. The summed E-state index contributed by atoms with van der Waals surface area (Å²) in [6, 6.07) is 2.80. The third kappa shape index (κ3) is 5.74. The molecule has 1 heterocycles. The number of primary amides is 1. The minimum atomic E-state index is -1.00. The summed E-state index contributed by atoms with van der Waals surface area (Å²) in [7, 11) is 0. The van der Waals surface area contributed by atoms with Gasteiger partial charge in [-0.05, 0) is 37.0 Å². The number of piperidine rings is 1. The van der Waals surface area contributed by atoms with Crippen LogP contribution in [0.4, 0.5) is 10.5 Å². The van der Waals surface area contributed by atoms with E-state index in [1.165, 1.54) is 12.1 Å². The van der Waals surface area contributed by atoms with Crippen molar-refractivity contribution in [2.75, 3.05) is 0 Å². The van der Waals surface area contributed by atoms with Crippen LogP contribution in [0.15, 0.2) is 18.2 Å². The van der Waals surface area contributed by atoms with E-state index >= 15 is 0 Å². The van der Waals surface area contributed by atoms with Gasteiger partial charge < -0.3 is 15.8 Å². The zero-order valence-electron chi connectivity index (χ0n) is 15.8. The van der Waals surface area contributed by atoms with Gasteiger partial charge in [-0.2, -0.15) is 0 Å². The van der Waals surface area contributed by atoms with Crippen LogP contribution in [0.5, 0.6) is 0 Å². The van der Waals surface area contributed by atoms with Crippen LogP contribution in [0, 0.1) is 10.1 Å². The van der Waals surface area contributed by atoms with Crippen molar-refractivity contribution in [3.8, 4) is 0 Å². The van der Waals surface area contributed by atoms with Crippen LogP contribution in [0.1, 0.15) is 61.1 Å². The van der Waals surface area contributed by atoms with Crippen LogP contribution < -0.4 is 16.4 Å². The lowest BCUT2D eigenvalue weighted by molar-refractivity contribution is -0.385. The fourth-order valence-electron chi connectivity index (χ4n) is 2.99. The number of hydrogen-bond donors (Lipinski definition) is 3. The van der Waals surface area contributed by atoms with Crippen LogP contribution in [0.3, 0.4) is 0 Å². The maximum Gasteiger partial charge on any atom is 0.405 e. The van der Waals surface area contributed by atoms with E-state index in [9.17, 15) is 29.3 Å². The molecule has 1 fully saturated rings. The van der Waals surface area contributed by atoms with Gasteiger partial charge in [0.1, 0.15) is 17.7 Å². The Morgan fingerprint density at radius 2 is 2.14 bits per heavy atom. The Morgan fingerprint density at radius 1 is 1.41 bits per heavy atom. The van der Waals surface area contributed by atoms with E-state index in [1.54, 1.807) is 0 Å². The first-order chi connectivity index (χ1) is 13.7. The number of rotatable bonds is 8. The fraction of sp³-hybridized carbons (Fsp3) is 0.444. The van der Waals surface area contributed by atoms with Gasteiger partial charge in [-0.1, -0.05) is 13.3 Å². The highest BCUT2D eigenvalue weighted by molar-refractivity contribution is 6.05. The predicted octanol–water partition coefficient (Wildman–Crippen LogP) is 1.46. The molecule has 11 nitrogen and oxygen atoms in total. The van der Waals surface area contributed by atoms with E-state index in [0.29, 0.717) is 18.4 Å². The Morgan fingerprint density at radius 3 is 2.72 bits per heavy atom. The number of hydrogen-bond acceptors (Lipinski definition) is 7. The van der Waals surface area contributed by atoms with Crippen molar-refractivity contribution in [1.82, 2.24) is 10.6 Å². The number of carbonyl (C=O) groups excluding carboxylic acids is 4. The molecule has 11 heteroatoms. The number of nitro groups is 1. The highest BCUT2D eigenvalue weighted by Gasteiger charge is 2.31. The van der Waals surface area contributed by atoms with Crippen molar-refractivity contribution in [3.63, 3.8) is 0 Å². The quantitative estimate of drug-likeness (QED) is 0.333. The summed E-state index contributed by atoms with van der Waals surface area (Å²) in [5.74, 6) is -1.97. The molecule has 1 saturated heterocycles. The van der Waals surface area contributed by atoms with Gasteiger partial charge in [0.05, 0.1) is 4.92 Å². The number of carbonyl (C=O) groups is 4. The van der Waals surface area contributed by atoms with Crippen LogP contribution >= 0.6 is 0 Å². The van der Waals surface area contributed by atoms with Gasteiger partial charge in [0, 0.05) is 12.5 Å². The smallest absolute Gasteiger partial charge is 0.405 e. The number of imide groups is 1. The molecule has 1 aromatic rings. The first-order valence-electron chi connectivity index (χ1n) is 9.11. The Bertz CT molecular complexity index is 839. The van der Waals surface area contributed by atoms with E-state index in [1.807, 2.05) is 6.92 Å². The lowest BCUT2D eigenvalue weighted by atomic mass is 9.99. The van der Waals surface area contributed by atoms with Crippen molar-refractivity contribution < 1.29 is 28.8 Å². The molecule has 0 aliphatic carbocycles. The monoisotopic (exact) mass is 406 g/mol. The maximum atomic E-state index is 12.7. The number of unbranched alkanes of at least 4 members (excludes halogenated alkanes) is 1. The zero-order valence-corrected chi connectivity index (χ0v) is 15.8. The van der Waals surface area contributed by atoms with Gasteiger partial charge in [-0.3, -0.25) is 29.8 Å². The summed E-state index contributed by atoms with van der Waals surface area (Å²) in [6.45, 7) is 1.94. The van der Waals surface area contributed by atoms with Crippen LogP contribution in [0.25, 0.3) is 0 Å². The van der Waals surface area contributed by atoms with E-state index in [4.69, 9.17) is 10.5 Å². The second kappa shape index (κ2) is 9.62. The molecule has 156 valence electrons. The van der Waals surface area contributed by atoms with Crippen molar-refractivity contribution in [2.45, 2.75) is 51.2 Å². The van der Waals surface area contributed by atoms with Crippen molar-refractivity contribution >= 4 is 29.5 Å². The molecule has 0 saturated carbocycles. The molecule has 0 spiro atoms. The lowest BCUT2D eigenvalue weighted by Crippen LogP contribution is -2.52. The largest absolute Gasteiger partial charge is 0.442 e. The summed E-state index contributed by atoms with van der Waals surface area (Å²) in [5.41, 5.74) is 4.73. The van der Waals surface area contributed by atoms with Gasteiger partial charge in [0.2, 0.25) is 11.8 Å². The Hall–Kier alpha value is -3.50. The molecule has 2 unspecified atom stereocenters. The van der Waals surface area contributed by atoms with Crippen LogP contribution in [-0.4, -0.2) is 34.8 Å². The fourth-order valence-corrected chi connectivity index (χ4v) is 2.99. The maximum absolute atomic E-state index is 12.7. The summed E-state index contributed by atoms with van der Waals surface area (Å²) < 4.78 is 5.09. The number of benzene rings is 1. The molecular weight excluding hydrogens is 384 g/mol. The number of amides is 4. The van der Waals surface area contributed by atoms with E-state index in [2.05, 4.69) is 10.6 Å². The van der Waals surface area contributed by atoms with Gasteiger partial charge in [0.15, 0.2) is 0 Å². The number of nitrogens with zero attached hydrogens (tertiary/aromatic N) is 1. The lowest BCUT2D eigenvalue weighted by Gasteiger charge is -2.22. The highest BCUT2D eigenvalue weighted by atomic mass is 16.6. The normalized spacial score (nSPS) is 17.2. The van der Waals surface area contributed by atoms with Crippen molar-refractivity contribution in [2.24, 2.45) is 5.73 Å². The first kappa shape index (κ1) is 21.8. The molecule has 1 aliphatic heterocycles. The summed E-state index contributed by atoms with van der Waals surface area (Å²) in [5, 5.41) is 15.9. The second-order valence-electron chi connectivity index (χ2n) is 6.58. The number of nitrogens with two attached hydrogens (primary N) is 1. The Balaban J connectivity index is 2.32. The summed E-state index contributed by atoms with van der Waals surface area (Å²) >= 11 is 0. The predicted molar refractivity (Wildman–Crippen MR) is 99.7 cm³/mol. The molecule has 1 aromatic carbocycles. The van der Waals surface area contributed by atoms with Crippen molar-refractivity contribution in [3.05, 3.63) is 39.4 Å². The molecule has 4 amide bonds. The average Bonchev–Trinajstić information content (AvgIpc) is 2.66. The molecule has 2 rings (SSSR count). The van der Waals surface area contributed by atoms with Gasteiger partial charge >= 0.3 is 6.09 Å². The molecule has 2 atom stereocenters. The minimum absolute atomic E-state index is 0.0460. The third-order valence-corrected chi connectivity index (χ3v) is 4.46. The molecule has 0 aromatic heterocycles. The van der Waals surface area contributed by atoms with Gasteiger partial charge in [0.25, 0.3) is 11.6 Å². The Kier molecular flexibility index (Phi) is 7.23. The van der Waals surface area contributed by atoms with Gasteiger partial charge in [-0.15, -0.1) is 0 Å². The molecule has 29 heavy (non-hydrogen) atoms. The van der Waals surface area contributed by atoms with E-state index < -0.39 is 46.6 Å². The minimum Gasteiger partial charge on any atom is -0.442 e.